The molecule has 1 saturated heterocycles. The average molecular weight is 232 g/mol. The van der Waals surface area contributed by atoms with Gasteiger partial charge in [0.15, 0.2) is 5.76 Å². The molecule has 1 aromatic carbocycles. The summed E-state index contributed by atoms with van der Waals surface area (Å²) >= 11 is 0. The van der Waals surface area contributed by atoms with E-state index in [1.54, 1.807) is 6.07 Å². The standard InChI is InChI=1S/C13H12O4/c14-13(12-8-15-5-6-16-12)11-7-9-3-1-2-4-10(9)17-11/h1-4,7,12H,5-6,8H2. The predicted molar refractivity (Wildman–Crippen MR) is 61.1 cm³/mol. The number of ether oxygens (including phenoxy) is 2. The third-order valence-corrected chi connectivity index (χ3v) is 2.78. The van der Waals surface area contributed by atoms with E-state index in [2.05, 4.69) is 0 Å². The van der Waals surface area contributed by atoms with Crippen molar-refractivity contribution in [2.75, 3.05) is 19.8 Å². The third-order valence-electron chi connectivity index (χ3n) is 2.78. The van der Waals surface area contributed by atoms with Gasteiger partial charge in [0.25, 0.3) is 0 Å². The number of Topliss-reactive ketones (excluding diaryl/α,β-unsaturated/α-hetero) is 1. The van der Waals surface area contributed by atoms with E-state index < -0.39 is 6.10 Å². The van der Waals surface area contributed by atoms with Gasteiger partial charge in [-0.25, -0.2) is 0 Å². The van der Waals surface area contributed by atoms with Gasteiger partial charge in [0.05, 0.1) is 19.8 Å². The molecule has 0 radical (unpaired) electrons. The van der Waals surface area contributed by atoms with Gasteiger partial charge in [0.1, 0.15) is 11.7 Å². The highest BCUT2D eigenvalue weighted by Gasteiger charge is 2.26. The Hall–Kier alpha value is -1.65. The molecule has 2 aromatic rings. The fourth-order valence-corrected chi connectivity index (χ4v) is 1.90. The fraction of sp³-hybridized carbons (Fsp3) is 0.308. The number of para-hydroxylation sites is 1. The van der Waals surface area contributed by atoms with Crippen LogP contribution < -0.4 is 0 Å². The molecule has 0 saturated carbocycles. The Bertz CT molecular complexity index is 504. The van der Waals surface area contributed by atoms with Gasteiger partial charge in [0.2, 0.25) is 5.78 Å². The zero-order chi connectivity index (χ0) is 11.7. The number of carbonyl (C=O) groups is 1. The van der Waals surface area contributed by atoms with Crippen LogP contribution in [0.4, 0.5) is 0 Å². The zero-order valence-corrected chi connectivity index (χ0v) is 9.22. The number of furan rings is 1. The van der Waals surface area contributed by atoms with Crippen LogP contribution in [0.25, 0.3) is 11.0 Å². The minimum Gasteiger partial charge on any atom is -0.453 e. The van der Waals surface area contributed by atoms with Crippen LogP contribution in [0.1, 0.15) is 10.6 Å². The SMILES string of the molecule is O=C(c1cc2ccccc2o1)C1COCCO1. The number of hydrogen-bond acceptors (Lipinski definition) is 4. The first-order valence-corrected chi connectivity index (χ1v) is 5.57. The summed E-state index contributed by atoms with van der Waals surface area (Å²) in [5, 5.41) is 0.924. The normalized spacial score (nSPS) is 20.6. The summed E-state index contributed by atoms with van der Waals surface area (Å²) in [7, 11) is 0. The molecule has 1 aliphatic rings. The van der Waals surface area contributed by atoms with Crippen LogP contribution in [-0.2, 0) is 9.47 Å². The van der Waals surface area contributed by atoms with Crippen LogP contribution in [0.3, 0.4) is 0 Å². The van der Waals surface area contributed by atoms with Gasteiger partial charge in [-0.3, -0.25) is 4.79 Å². The summed E-state index contributed by atoms with van der Waals surface area (Å²) in [5.74, 6) is 0.183. The van der Waals surface area contributed by atoms with Gasteiger partial charge in [-0.15, -0.1) is 0 Å². The van der Waals surface area contributed by atoms with E-state index >= 15 is 0 Å². The van der Waals surface area contributed by atoms with Crippen LogP contribution in [0.15, 0.2) is 34.7 Å². The van der Waals surface area contributed by atoms with Gasteiger partial charge in [-0.2, -0.15) is 0 Å². The number of fused-ring (bicyclic) bond motifs is 1. The van der Waals surface area contributed by atoms with Crippen LogP contribution in [0.5, 0.6) is 0 Å². The Balaban J connectivity index is 1.89. The molecule has 0 aliphatic carbocycles. The maximum atomic E-state index is 12.1. The first-order valence-electron chi connectivity index (χ1n) is 5.57. The second kappa shape index (κ2) is 4.31. The van der Waals surface area contributed by atoms with Crippen molar-refractivity contribution in [1.29, 1.82) is 0 Å². The van der Waals surface area contributed by atoms with Crippen LogP contribution in [0.2, 0.25) is 0 Å². The molecule has 3 rings (SSSR count). The van der Waals surface area contributed by atoms with E-state index in [1.165, 1.54) is 0 Å². The minimum absolute atomic E-state index is 0.152. The third kappa shape index (κ3) is 1.97. The molecule has 88 valence electrons. The van der Waals surface area contributed by atoms with Crippen molar-refractivity contribution in [3.05, 3.63) is 36.1 Å². The largest absolute Gasteiger partial charge is 0.453 e. The van der Waals surface area contributed by atoms with Crippen molar-refractivity contribution in [2.24, 2.45) is 0 Å². The van der Waals surface area contributed by atoms with E-state index in [-0.39, 0.29) is 5.78 Å². The maximum Gasteiger partial charge on any atom is 0.229 e. The highest BCUT2D eigenvalue weighted by atomic mass is 16.6. The van der Waals surface area contributed by atoms with E-state index in [4.69, 9.17) is 13.9 Å². The molecule has 1 aromatic heterocycles. The van der Waals surface area contributed by atoms with Crippen LogP contribution >= 0.6 is 0 Å². The monoisotopic (exact) mass is 232 g/mol. The van der Waals surface area contributed by atoms with Crippen LogP contribution in [0, 0.1) is 0 Å². The Morgan fingerprint density at radius 3 is 2.88 bits per heavy atom. The lowest BCUT2D eigenvalue weighted by Gasteiger charge is -2.20. The number of hydrogen-bond donors (Lipinski definition) is 0. The maximum absolute atomic E-state index is 12.1. The first-order chi connectivity index (χ1) is 8.34. The second-order valence-corrected chi connectivity index (χ2v) is 3.95. The first kappa shape index (κ1) is 10.5. The van der Waals surface area contributed by atoms with Crippen molar-refractivity contribution in [3.8, 4) is 0 Å². The van der Waals surface area contributed by atoms with E-state index in [0.29, 0.717) is 31.2 Å². The Kier molecular flexibility index (Phi) is 2.66. The molecule has 1 atom stereocenters. The van der Waals surface area contributed by atoms with E-state index in [0.717, 1.165) is 5.39 Å². The van der Waals surface area contributed by atoms with E-state index in [1.807, 2.05) is 24.3 Å². The van der Waals surface area contributed by atoms with Crippen molar-refractivity contribution in [3.63, 3.8) is 0 Å². The van der Waals surface area contributed by atoms with Gasteiger partial charge >= 0.3 is 0 Å². The molecule has 1 unspecified atom stereocenters. The van der Waals surface area contributed by atoms with Gasteiger partial charge < -0.3 is 13.9 Å². The number of rotatable bonds is 2. The summed E-state index contributed by atoms with van der Waals surface area (Å²) in [6.45, 7) is 1.30. The van der Waals surface area contributed by atoms with Crippen molar-refractivity contribution >= 4 is 16.8 Å². The molecule has 0 bridgehead atoms. The molecule has 0 spiro atoms. The predicted octanol–water partition coefficient (Wildman–Crippen LogP) is 2.03. The summed E-state index contributed by atoms with van der Waals surface area (Å²) in [6.07, 6.45) is -0.538. The summed E-state index contributed by atoms with van der Waals surface area (Å²) in [6, 6.07) is 9.28. The van der Waals surface area contributed by atoms with Gasteiger partial charge in [-0.05, 0) is 12.1 Å². The smallest absolute Gasteiger partial charge is 0.229 e. The van der Waals surface area contributed by atoms with Gasteiger partial charge in [0, 0.05) is 5.39 Å². The summed E-state index contributed by atoms with van der Waals surface area (Å²) < 4.78 is 16.1. The Morgan fingerprint density at radius 2 is 2.12 bits per heavy atom. The number of ketones is 1. The van der Waals surface area contributed by atoms with E-state index in [9.17, 15) is 4.79 Å². The molecule has 0 amide bonds. The topological polar surface area (TPSA) is 48.7 Å². The molecular weight excluding hydrogens is 220 g/mol. The second-order valence-electron chi connectivity index (χ2n) is 3.95. The lowest BCUT2D eigenvalue weighted by molar-refractivity contribution is -0.0725. The average Bonchev–Trinajstić information content (AvgIpc) is 2.82. The molecule has 17 heavy (non-hydrogen) atoms. The van der Waals surface area contributed by atoms with Crippen molar-refractivity contribution in [2.45, 2.75) is 6.10 Å². The number of benzene rings is 1. The molecule has 1 aliphatic heterocycles. The molecule has 4 heteroatoms. The zero-order valence-electron chi connectivity index (χ0n) is 9.22. The lowest BCUT2D eigenvalue weighted by Crippen LogP contribution is -2.35. The molecular formula is C13H12O4. The number of carbonyl (C=O) groups excluding carboxylic acids is 1. The van der Waals surface area contributed by atoms with Crippen molar-refractivity contribution < 1.29 is 18.7 Å². The van der Waals surface area contributed by atoms with Crippen molar-refractivity contribution in [1.82, 2.24) is 0 Å². The molecule has 4 nitrogen and oxygen atoms in total. The Labute approximate surface area is 98.1 Å². The lowest BCUT2D eigenvalue weighted by atomic mass is 10.1. The molecule has 1 fully saturated rings. The minimum atomic E-state index is -0.538. The highest BCUT2D eigenvalue weighted by Crippen LogP contribution is 2.21. The molecule has 0 N–H and O–H groups in total. The quantitative estimate of drug-likeness (QED) is 0.743. The summed E-state index contributed by atoms with van der Waals surface area (Å²) in [5.41, 5.74) is 0.715. The van der Waals surface area contributed by atoms with Gasteiger partial charge in [-0.1, -0.05) is 18.2 Å². The molecule has 2 heterocycles. The fourth-order valence-electron chi connectivity index (χ4n) is 1.90. The van der Waals surface area contributed by atoms with Crippen LogP contribution in [-0.4, -0.2) is 31.7 Å². The highest BCUT2D eigenvalue weighted by molar-refractivity contribution is 6.00. The Morgan fingerprint density at radius 1 is 1.24 bits per heavy atom. The summed E-state index contributed by atoms with van der Waals surface area (Å²) in [4.78, 5) is 12.1.